The van der Waals surface area contributed by atoms with Gasteiger partial charge in [0.1, 0.15) is 0 Å². The highest BCUT2D eigenvalue weighted by Gasteiger charge is 2.25. The molecule has 0 aliphatic carbocycles. The van der Waals surface area contributed by atoms with Crippen LogP contribution in [0.2, 0.25) is 0 Å². The van der Waals surface area contributed by atoms with Crippen LogP contribution >= 0.6 is 0 Å². The molecule has 1 fully saturated rings. The van der Waals surface area contributed by atoms with Crippen LogP contribution in [0.4, 0.5) is 0 Å². The van der Waals surface area contributed by atoms with Gasteiger partial charge in [0.05, 0.1) is 54.6 Å². The van der Waals surface area contributed by atoms with Gasteiger partial charge in [0, 0.05) is 31.0 Å². The molecule has 1 aliphatic heterocycles. The summed E-state index contributed by atoms with van der Waals surface area (Å²) in [5.41, 5.74) is 3.77. The number of hydrogen-bond acceptors (Lipinski definition) is 11. The Kier molecular flexibility index (Phi) is 16.3. The number of rotatable bonds is 7. The van der Waals surface area contributed by atoms with Gasteiger partial charge < -0.3 is 10.1 Å². The predicted molar refractivity (Wildman–Crippen MR) is 160 cm³/mol. The summed E-state index contributed by atoms with van der Waals surface area (Å²) in [6, 6.07) is 0.769. The van der Waals surface area contributed by atoms with Crippen LogP contribution in [0.15, 0.2) is 12.4 Å². The van der Waals surface area contributed by atoms with E-state index in [1.165, 1.54) is 26.2 Å². The van der Waals surface area contributed by atoms with Crippen LogP contribution < -0.4 is 14.8 Å². The molecule has 3 rings (SSSR count). The Morgan fingerprint density at radius 2 is 1.46 bits per heavy atom. The molecule has 0 spiro atoms. The van der Waals surface area contributed by atoms with Crippen molar-refractivity contribution in [2.24, 2.45) is 5.92 Å². The third-order valence-electron chi connectivity index (χ3n) is 5.94. The summed E-state index contributed by atoms with van der Waals surface area (Å²) in [4.78, 5) is 27.3. The molecule has 3 unspecified atom stereocenters. The number of methoxy groups -OCH3 is 1. The fraction of sp³-hybridized carbons (Fsp3) is 0.654. The van der Waals surface area contributed by atoms with Crippen molar-refractivity contribution in [3.8, 4) is 0 Å². The van der Waals surface area contributed by atoms with Gasteiger partial charge in [-0.25, -0.2) is 36.1 Å². The Hall–Kier alpha value is -2.59. The maximum absolute atomic E-state index is 11.1. The number of carbonyl (C=O) groups is 1. The van der Waals surface area contributed by atoms with Crippen molar-refractivity contribution < 1.29 is 26.4 Å². The van der Waals surface area contributed by atoms with Gasteiger partial charge in [0.2, 0.25) is 20.0 Å². The van der Waals surface area contributed by atoms with Crippen molar-refractivity contribution in [1.82, 2.24) is 34.7 Å². The zero-order valence-electron chi connectivity index (χ0n) is 24.8. The minimum atomic E-state index is -3.17. The summed E-state index contributed by atoms with van der Waals surface area (Å²) in [5, 5.41) is 3.41. The monoisotopic (exact) mass is 617 g/mol. The van der Waals surface area contributed by atoms with Crippen LogP contribution in [0.25, 0.3) is 0 Å². The Morgan fingerprint density at radius 3 is 2.00 bits per heavy atom. The lowest BCUT2D eigenvalue weighted by Gasteiger charge is -2.34. The van der Waals surface area contributed by atoms with E-state index in [9.17, 15) is 21.6 Å². The topological polar surface area (TPSA) is 182 Å². The van der Waals surface area contributed by atoms with E-state index in [1.54, 1.807) is 33.2 Å². The standard InChI is InChI=1S/C9H20N2O2S.C8H13N3O2S.C8H10N2O2.CH4/c1-7-4-5-8(2)11-9(7)6-10-14(3,12)13;1-6-4-9-7(2)8(11-6)5-10-14(3,12)13;1-5-4-9-6(2)7(10-5)8(11)12-3;/h7-11H,4-6H2,1-3H3;4,10H,5H2,1-3H3;4H,1-3H3;1H4. The average Bonchev–Trinajstić information content (AvgIpc) is 2.86. The van der Waals surface area contributed by atoms with Crippen LogP contribution in [0, 0.1) is 33.6 Å². The smallest absolute Gasteiger partial charge is 0.358 e. The van der Waals surface area contributed by atoms with Gasteiger partial charge >= 0.3 is 5.97 Å². The first-order chi connectivity index (χ1) is 18.4. The Labute approximate surface area is 245 Å². The van der Waals surface area contributed by atoms with Gasteiger partial charge in [-0.2, -0.15) is 0 Å². The van der Waals surface area contributed by atoms with Crippen LogP contribution in [0.3, 0.4) is 0 Å². The maximum atomic E-state index is 11.1. The van der Waals surface area contributed by atoms with E-state index in [1.807, 2.05) is 6.92 Å². The van der Waals surface area contributed by atoms with Crippen LogP contribution in [-0.2, 0) is 31.3 Å². The van der Waals surface area contributed by atoms with E-state index in [0.717, 1.165) is 17.6 Å². The molecule has 0 amide bonds. The number of nitrogens with one attached hydrogen (secondary N) is 3. The SMILES string of the molecule is C.CC1CCC(C)C(CNS(C)(=O)=O)N1.COC(=O)c1nc(C)cnc1C.Cc1cnc(C)c(CNS(C)(=O)=O)n1. The molecule has 234 valence electrons. The molecule has 3 N–H and O–H groups in total. The van der Waals surface area contributed by atoms with E-state index in [0.29, 0.717) is 35.6 Å². The molecule has 41 heavy (non-hydrogen) atoms. The number of aromatic nitrogens is 4. The normalized spacial score (nSPS) is 18.5. The lowest BCUT2D eigenvalue weighted by molar-refractivity contribution is 0.0592. The molecule has 0 aromatic carbocycles. The summed E-state index contributed by atoms with van der Waals surface area (Å²) < 4.78 is 53.0. The quantitative estimate of drug-likeness (QED) is 0.386. The molecular formula is C26H47N7O6S2. The van der Waals surface area contributed by atoms with Crippen molar-refractivity contribution in [3.05, 3.63) is 46.6 Å². The van der Waals surface area contributed by atoms with Crippen molar-refractivity contribution in [1.29, 1.82) is 0 Å². The molecule has 1 aliphatic rings. The van der Waals surface area contributed by atoms with Crippen molar-refractivity contribution in [2.75, 3.05) is 26.2 Å². The van der Waals surface area contributed by atoms with Crippen LogP contribution in [0.5, 0.6) is 0 Å². The summed E-state index contributed by atoms with van der Waals surface area (Å²) in [5.74, 6) is 0.101. The van der Waals surface area contributed by atoms with Gasteiger partial charge in [-0.15, -0.1) is 0 Å². The van der Waals surface area contributed by atoms with Crippen molar-refractivity contribution in [3.63, 3.8) is 0 Å². The van der Waals surface area contributed by atoms with Crippen LogP contribution in [-0.4, -0.2) is 81.0 Å². The summed E-state index contributed by atoms with van der Waals surface area (Å²) in [6.07, 6.45) is 7.93. The van der Waals surface area contributed by atoms with E-state index in [-0.39, 0.29) is 25.7 Å². The zero-order valence-corrected chi connectivity index (χ0v) is 26.4. The predicted octanol–water partition coefficient (Wildman–Crippen LogP) is 1.97. The highest BCUT2D eigenvalue weighted by atomic mass is 32.2. The number of esters is 1. The molecule has 2 aromatic rings. The highest BCUT2D eigenvalue weighted by Crippen LogP contribution is 2.18. The first-order valence-corrected chi connectivity index (χ1v) is 16.5. The van der Waals surface area contributed by atoms with E-state index in [4.69, 9.17) is 0 Å². The van der Waals surface area contributed by atoms with E-state index in [2.05, 4.69) is 53.3 Å². The van der Waals surface area contributed by atoms with Gasteiger partial charge in [-0.3, -0.25) is 15.0 Å². The first kappa shape index (κ1) is 38.4. The average molecular weight is 618 g/mol. The van der Waals surface area contributed by atoms with Gasteiger partial charge in [-0.05, 0) is 53.4 Å². The van der Waals surface area contributed by atoms with E-state index < -0.39 is 26.0 Å². The Balaban J connectivity index is 0.000000580. The molecule has 3 heterocycles. The molecular weight excluding hydrogens is 570 g/mol. The maximum Gasteiger partial charge on any atom is 0.358 e. The molecule has 1 saturated heterocycles. The fourth-order valence-corrected chi connectivity index (χ4v) is 4.49. The largest absolute Gasteiger partial charge is 0.464 e. The number of nitrogens with zero attached hydrogens (tertiary/aromatic N) is 4. The van der Waals surface area contributed by atoms with Gasteiger partial charge in [0.25, 0.3) is 0 Å². The number of sulfonamides is 2. The molecule has 0 saturated carbocycles. The Morgan fingerprint density at radius 1 is 0.927 bits per heavy atom. The zero-order chi connectivity index (χ0) is 30.7. The number of piperidine rings is 1. The summed E-state index contributed by atoms with van der Waals surface area (Å²) >= 11 is 0. The molecule has 0 radical (unpaired) electrons. The number of aryl methyl sites for hydroxylation is 4. The highest BCUT2D eigenvalue weighted by molar-refractivity contribution is 7.89. The molecule has 0 bridgehead atoms. The second-order valence-corrected chi connectivity index (χ2v) is 13.6. The third-order valence-corrected chi connectivity index (χ3v) is 7.30. The molecule has 3 atom stereocenters. The Bertz CT molecular complexity index is 1340. The van der Waals surface area contributed by atoms with Crippen molar-refractivity contribution >= 4 is 26.0 Å². The number of carbonyl (C=O) groups excluding carboxylic acids is 1. The van der Waals surface area contributed by atoms with Gasteiger partial charge in [-0.1, -0.05) is 14.4 Å². The van der Waals surface area contributed by atoms with Crippen molar-refractivity contribution in [2.45, 2.75) is 80.4 Å². The number of ether oxygens (including phenoxy) is 1. The summed E-state index contributed by atoms with van der Waals surface area (Å²) in [6.45, 7) is 12.1. The second kappa shape index (κ2) is 17.4. The molecule has 15 heteroatoms. The lowest BCUT2D eigenvalue weighted by atomic mass is 9.89. The number of hydrogen-bond donors (Lipinski definition) is 3. The molecule has 13 nitrogen and oxygen atoms in total. The third kappa shape index (κ3) is 15.8. The van der Waals surface area contributed by atoms with Crippen LogP contribution in [0.1, 0.15) is 73.1 Å². The molecule has 2 aromatic heterocycles. The minimum absolute atomic E-state index is 0. The summed E-state index contributed by atoms with van der Waals surface area (Å²) in [7, 11) is -4.90. The minimum Gasteiger partial charge on any atom is -0.464 e. The fourth-order valence-electron chi connectivity index (χ4n) is 3.61. The second-order valence-electron chi connectivity index (χ2n) is 9.92. The van der Waals surface area contributed by atoms with E-state index >= 15 is 0 Å². The van der Waals surface area contributed by atoms with Gasteiger partial charge in [0.15, 0.2) is 5.69 Å². The lowest BCUT2D eigenvalue weighted by Crippen LogP contribution is -2.51. The first-order valence-electron chi connectivity index (χ1n) is 12.7.